The number of fused-ring (bicyclic) bond motifs is 1. The summed E-state index contributed by atoms with van der Waals surface area (Å²) in [5.74, 6) is 0.462. The molecular weight excluding hydrogens is 481 g/mol. The Labute approximate surface area is 203 Å². The van der Waals surface area contributed by atoms with Crippen molar-refractivity contribution in [3.63, 3.8) is 0 Å². The van der Waals surface area contributed by atoms with E-state index in [4.69, 9.17) is 27.9 Å². The van der Waals surface area contributed by atoms with E-state index < -0.39 is 0 Å². The smallest absolute Gasteiger partial charge is 0.284 e. The summed E-state index contributed by atoms with van der Waals surface area (Å²) in [6, 6.07) is 17.7. The van der Waals surface area contributed by atoms with Crippen LogP contribution < -0.4 is 9.64 Å². The number of hydrogen-bond donors (Lipinski definition) is 1. The topological polar surface area (TPSA) is 75.0 Å². The summed E-state index contributed by atoms with van der Waals surface area (Å²) in [4.78, 5) is 24.3. The Morgan fingerprint density at radius 3 is 2.58 bits per heavy atom. The van der Waals surface area contributed by atoms with Gasteiger partial charge in [-0.3, -0.25) is 4.79 Å². The molecule has 0 atom stereocenters. The second-order valence-corrected chi connectivity index (χ2v) is 8.96. The fourth-order valence-electron chi connectivity index (χ4n) is 3.42. The van der Waals surface area contributed by atoms with E-state index in [2.05, 4.69) is 9.98 Å². The third-order valence-electron chi connectivity index (χ3n) is 5.01. The van der Waals surface area contributed by atoms with Gasteiger partial charge in [0.2, 0.25) is 0 Å². The van der Waals surface area contributed by atoms with E-state index in [1.54, 1.807) is 30.3 Å². The van der Waals surface area contributed by atoms with E-state index in [9.17, 15) is 9.90 Å². The molecule has 1 amide bonds. The van der Waals surface area contributed by atoms with Crippen LogP contribution in [0.2, 0.25) is 10.0 Å². The predicted molar refractivity (Wildman–Crippen MR) is 133 cm³/mol. The van der Waals surface area contributed by atoms with Crippen molar-refractivity contribution in [3.8, 4) is 11.5 Å². The lowest BCUT2D eigenvalue weighted by Crippen LogP contribution is -2.32. The number of aliphatic imine (C=N–C) groups is 1. The molecule has 1 aromatic heterocycles. The highest BCUT2D eigenvalue weighted by atomic mass is 35.5. The van der Waals surface area contributed by atoms with Gasteiger partial charge in [0, 0.05) is 5.56 Å². The van der Waals surface area contributed by atoms with Crippen molar-refractivity contribution in [2.75, 3.05) is 12.0 Å². The van der Waals surface area contributed by atoms with E-state index in [0.29, 0.717) is 37.8 Å². The number of aromatic hydroxyl groups is 1. The number of amidine groups is 1. The molecule has 1 aliphatic heterocycles. The van der Waals surface area contributed by atoms with Crippen LogP contribution in [0.1, 0.15) is 11.1 Å². The van der Waals surface area contributed by atoms with Crippen LogP contribution in [-0.4, -0.2) is 28.9 Å². The lowest BCUT2D eigenvalue weighted by molar-refractivity contribution is -0.113. The Balaban J connectivity index is 1.63. The normalized spacial score (nSPS) is 14.9. The van der Waals surface area contributed by atoms with E-state index in [1.807, 2.05) is 30.3 Å². The molecule has 4 aromatic rings. The maximum absolute atomic E-state index is 13.5. The molecule has 0 fully saturated rings. The van der Waals surface area contributed by atoms with Crippen LogP contribution in [0.3, 0.4) is 0 Å². The van der Waals surface area contributed by atoms with E-state index in [0.717, 1.165) is 10.3 Å². The lowest BCUT2D eigenvalue weighted by atomic mass is 10.1. The predicted octanol–water partition coefficient (Wildman–Crippen LogP) is 6.15. The van der Waals surface area contributed by atoms with Crippen LogP contribution in [0.5, 0.6) is 11.5 Å². The zero-order valence-electron chi connectivity index (χ0n) is 17.1. The van der Waals surface area contributed by atoms with E-state index in [-0.39, 0.29) is 17.4 Å². The van der Waals surface area contributed by atoms with Gasteiger partial charge < -0.3 is 9.84 Å². The van der Waals surface area contributed by atoms with E-state index in [1.165, 1.54) is 29.4 Å². The van der Waals surface area contributed by atoms with E-state index >= 15 is 0 Å². The van der Waals surface area contributed by atoms with Crippen LogP contribution in [0.15, 0.2) is 71.4 Å². The molecule has 6 nitrogen and oxygen atoms in total. The summed E-state index contributed by atoms with van der Waals surface area (Å²) in [5.41, 5.74) is 2.31. The highest BCUT2D eigenvalue weighted by Gasteiger charge is 2.34. The number of benzene rings is 3. The number of thiazole rings is 1. The Morgan fingerprint density at radius 1 is 1.06 bits per heavy atom. The summed E-state index contributed by atoms with van der Waals surface area (Å²) >= 11 is 13.6. The summed E-state index contributed by atoms with van der Waals surface area (Å²) < 4.78 is 5.98. The van der Waals surface area contributed by atoms with Crippen molar-refractivity contribution in [1.29, 1.82) is 0 Å². The first-order chi connectivity index (χ1) is 15.9. The molecule has 164 valence electrons. The van der Waals surface area contributed by atoms with Gasteiger partial charge in [-0.15, -0.1) is 0 Å². The summed E-state index contributed by atoms with van der Waals surface area (Å²) in [5, 5.41) is 11.1. The average molecular weight is 496 g/mol. The molecule has 0 saturated carbocycles. The van der Waals surface area contributed by atoms with Gasteiger partial charge in [-0.25, -0.2) is 14.9 Å². The number of anilines is 1. The van der Waals surface area contributed by atoms with Crippen LogP contribution in [0.4, 0.5) is 5.13 Å². The minimum atomic E-state index is -0.322. The first-order valence-corrected chi connectivity index (χ1v) is 11.3. The molecule has 0 radical (unpaired) electrons. The van der Waals surface area contributed by atoms with Crippen molar-refractivity contribution in [1.82, 2.24) is 4.98 Å². The minimum absolute atomic E-state index is 0.0132. The standard InChI is InChI=1S/C24H15Cl2N3O3S/c1-32-20-10-13(7-8-19(20)30)9-18-23(31)29(22(27-18)14-5-3-2-4-6-14)24-28-17-11-15(25)16(26)12-21(17)33-24/h2-12,30H,1H3/b18-9-. The summed E-state index contributed by atoms with van der Waals surface area (Å²) in [6.07, 6.45) is 1.65. The number of hydrogen-bond acceptors (Lipinski definition) is 6. The number of carbonyl (C=O) groups excluding carboxylic acids is 1. The highest BCUT2D eigenvalue weighted by molar-refractivity contribution is 7.22. The van der Waals surface area contributed by atoms with Crippen LogP contribution in [0, 0.1) is 0 Å². The van der Waals surface area contributed by atoms with Gasteiger partial charge in [-0.1, -0.05) is 70.9 Å². The SMILES string of the molecule is COc1cc(/C=C2\N=C(c3ccccc3)N(c3nc4cc(Cl)c(Cl)cc4s3)C2=O)ccc1O. The Morgan fingerprint density at radius 2 is 1.82 bits per heavy atom. The molecule has 0 spiro atoms. The van der Waals surface area contributed by atoms with Crippen molar-refractivity contribution < 1.29 is 14.6 Å². The summed E-state index contributed by atoms with van der Waals surface area (Å²) in [6.45, 7) is 0. The molecule has 33 heavy (non-hydrogen) atoms. The van der Waals surface area contributed by atoms with Gasteiger partial charge >= 0.3 is 0 Å². The molecule has 1 N–H and O–H groups in total. The second-order valence-electron chi connectivity index (χ2n) is 7.13. The molecule has 3 aromatic carbocycles. The molecule has 1 aliphatic rings. The van der Waals surface area contributed by atoms with Crippen molar-refractivity contribution in [2.24, 2.45) is 4.99 Å². The highest BCUT2D eigenvalue weighted by Crippen LogP contribution is 2.37. The lowest BCUT2D eigenvalue weighted by Gasteiger charge is -2.14. The van der Waals surface area contributed by atoms with Gasteiger partial charge in [-0.05, 0) is 35.9 Å². The number of amides is 1. The summed E-state index contributed by atoms with van der Waals surface area (Å²) in [7, 11) is 1.46. The van der Waals surface area contributed by atoms with Crippen molar-refractivity contribution >= 4 is 67.7 Å². The molecule has 2 heterocycles. The number of nitrogens with zero attached hydrogens (tertiary/aromatic N) is 3. The Kier molecular flexibility index (Phi) is 5.54. The number of carbonyl (C=O) groups is 1. The average Bonchev–Trinajstić information content (AvgIpc) is 3.36. The third-order valence-corrected chi connectivity index (χ3v) is 6.74. The van der Waals surface area contributed by atoms with Gasteiger partial charge in [0.1, 0.15) is 11.5 Å². The fraction of sp³-hybridized carbons (Fsp3) is 0.0417. The largest absolute Gasteiger partial charge is 0.504 e. The van der Waals surface area contributed by atoms with Gasteiger partial charge in [0.25, 0.3) is 5.91 Å². The number of methoxy groups -OCH3 is 1. The van der Waals surface area contributed by atoms with Crippen LogP contribution in [0.25, 0.3) is 16.3 Å². The number of phenolic OH excluding ortho intramolecular Hbond substituents is 1. The Bertz CT molecular complexity index is 1430. The molecule has 5 rings (SSSR count). The maximum atomic E-state index is 13.5. The Hall–Kier alpha value is -3.39. The molecule has 0 bridgehead atoms. The molecule has 0 unspecified atom stereocenters. The molecule has 9 heteroatoms. The quantitative estimate of drug-likeness (QED) is 0.344. The molecular formula is C24H15Cl2N3O3S. The fourth-order valence-corrected chi connectivity index (χ4v) is 4.80. The van der Waals surface area contributed by atoms with Crippen LogP contribution >= 0.6 is 34.5 Å². The number of phenols is 1. The van der Waals surface area contributed by atoms with Crippen molar-refractivity contribution in [2.45, 2.75) is 0 Å². The number of halogens is 2. The van der Waals surface area contributed by atoms with Gasteiger partial charge in [-0.2, -0.15) is 0 Å². The zero-order chi connectivity index (χ0) is 23.1. The van der Waals surface area contributed by atoms with Gasteiger partial charge in [0.05, 0.1) is 27.4 Å². The molecule has 0 saturated heterocycles. The minimum Gasteiger partial charge on any atom is -0.504 e. The first kappa shape index (κ1) is 21.5. The van der Waals surface area contributed by atoms with Gasteiger partial charge in [0.15, 0.2) is 16.6 Å². The monoisotopic (exact) mass is 495 g/mol. The first-order valence-electron chi connectivity index (χ1n) is 9.77. The zero-order valence-corrected chi connectivity index (χ0v) is 19.4. The third kappa shape index (κ3) is 3.95. The maximum Gasteiger partial charge on any atom is 0.284 e. The van der Waals surface area contributed by atoms with Crippen LogP contribution in [-0.2, 0) is 4.79 Å². The number of rotatable bonds is 4. The van der Waals surface area contributed by atoms with Crippen molar-refractivity contribution in [3.05, 3.63) is 87.5 Å². The number of aromatic nitrogens is 1. The second kappa shape index (κ2) is 8.51. The molecule has 0 aliphatic carbocycles. The number of ether oxygens (including phenoxy) is 1.